The fraction of sp³-hybridized carbons (Fsp3) is 0.333. The summed E-state index contributed by atoms with van der Waals surface area (Å²) in [5.41, 5.74) is 0.208. The number of carbonyl (C=O) groups excluding carboxylic acids is 1. The second-order valence-electron chi connectivity index (χ2n) is 7.96. The largest absolute Gasteiger partial charge is 0.447 e. The molecule has 1 fully saturated rings. The molecule has 1 aliphatic rings. The standard InChI is InChI=1S/C24H23F4N3O3/c25-19-7-5-17(6-8-19)13-30(14-18-3-1-2-4-20(18)24(26,27)28)15-22-29-21(16-34-22)23(32)31-9-11-33-12-10-31/h1-8,16H,9-15H2. The highest BCUT2D eigenvalue weighted by Crippen LogP contribution is 2.32. The fourth-order valence-electron chi connectivity index (χ4n) is 3.79. The molecule has 4 rings (SSSR count). The van der Waals surface area contributed by atoms with Crippen molar-refractivity contribution in [2.45, 2.75) is 25.8 Å². The minimum absolute atomic E-state index is 0.0534. The van der Waals surface area contributed by atoms with Gasteiger partial charge in [0.25, 0.3) is 5.91 Å². The highest BCUT2D eigenvalue weighted by molar-refractivity contribution is 5.92. The molecule has 0 N–H and O–H groups in total. The number of halogens is 4. The molecule has 3 aromatic rings. The maximum Gasteiger partial charge on any atom is 0.416 e. The zero-order valence-electron chi connectivity index (χ0n) is 18.2. The minimum atomic E-state index is -4.50. The molecular weight excluding hydrogens is 454 g/mol. The normalized spacial score (nSPS) is 14.6. The first kappa shape index (κ1) is 23.9. The number of nitrogens with zero attached hydrogens (tertiary/aromatic N) is 3. The molecule has 0 aliphatic carbocycles. The topological polar surface area (TPSA) is 58.8 Å². The molecule has 34 heavy (non-hydrogen) atoms. The molecule has 6 nitrogen and oxygen atoms in total. The predicted octanol–water partition coefficient (Wildman–Crippen LogP) is 4.51. The number of rotatable bonds is 7. The third-order valence-corrected chi connectivity index (χ3v) is 5.46. The Morgan fingerprint density at radius 2 is 1.71 bits per heavy atom. The molecule has 0 saturated carbocycles. The smallest absolute Gasteiger partial charge is 0.416 e. The van der Waals surface area contributed by atoms with Gasteiger partial charge in [0.05, 0.1) is 25.3 Å². The van der Waals surface area contributed by atoms with Crippen molar-refractivity contribution in [3.8, 4) is 0 Å². The van der Waals surface area contributed by atoms with E-state index in [1.165, 1.54) is 30.5 Å². The van der Waals surface area contributed by atoms with Gasteiger partial charge in [-0.05, 0) is 29.3 Å². The molecule has 0 radical (unpaired) electrons. The average molecular weight is 477 g/mol. The van der Waals surface area contributed by atoms with E-state index in [0.29, 0.717) is 31.9 Å². The van der Waals surface area contributed by atoms with Crippen LogP contribution in [0, 0.1) is 5.82 Å². The van der Waals surface area contributed by atoms with Crippen LogP contribution in [0.3, 0.4) is 0 Å². The third-order valence-electron chi connectivity index (χ3n) is 5.46. The van der Waals surface area contributed by atoms with Crippen molar-refractivity contribution in [1.29, 1.82) is 0 Å². The van der Waals surface area contributed by atoms with Crippen LogP contribution in [0.5, 0.6) is 0 Å². The van der Waals surface area contributed by atoms with E-state index in [9.17, 15) is 22.4 Å². The number of alkyl halides is 3. The molecule has 0 unspecified atom stereocenters. The fourth-order valence-corrected chi connectivity index (χ4v) is 3.79. The van der Waals surface area contributed by atoms with Gasteiger partial charge in [0.2, 0.25) is 5.89 Å². The maximum atomic E-state index is 13.5. The van der Waals surface area contributed by atoms with Crippen molar-refractivity contribution in [1.82, 2.24) is 14.8 Å². The molecule has 2 aromatic carbocycles. The lowest BCUT2D eigenvalue weighted by Crippen LogP contribution is -2.40. The number of hydrogen-bond acceptors (Lipinski definition) is 5. The number of benzene rings is 2. The Morgan fingerprint density at radius 3 is 2.41 bits per heavy atom. The van der Waals surface area contributed by atoms with Crippen LogP contribution in [-0.2, 0) is 30.5 Å². The number of hydrogen-bond donors (Lipinski definition) is 0. The average Bonchev–Trinajstić information content (AvgIpc) is 3.29. The van der Waals surface area contributed by atoms with Crippen LogP contribution in [-0.4, -0.2) is 47.0 Å². The molecule has 1 amide bonds. The van der Waals surface area contributed by atoms with Crippen molar-refractivity contribution in [2.75, 3.05) is 26.3 Å². The van der Waals surface area contributed by atoms with Crippen LogP contribution < -0.4 is 0 Å². The lowest BCUT2D eigenvalue weighted by Gasteiger charge is -2.25. The molecule has 10 heteroatoms. The predicted molar refractivity (Wildman–Crippen MR) is 114 cm³/mol. The second kappa shape index (κ2) is 10.4. The van der Waals surface area contributed by atoms with Crippen LogP contribution in [0.2, 0.25) is 0 Å². The highest BCUT2D eigenvalue weighted by Gasteiger charge is 2.33. The Balaban J connectivity index is 1.55. The van der Waals surface area contributed by atoms with Gasteiger partial charge in [-0.1, -0.05) is 30.3 Å². The quantitative estimate of drug-likeness (QED) is 0.469. The minimum Gasteiger partial charge on any atom is -0.447 e. The number of morpholine rings is 1. The molecule has 0 bridgehead atoms. The Kier molecular flexibility index (Phi) is 7.28. The van der Waals surface area contributed by atoms with Crippen LogP contribution in [0.15, 0.2) is 59.2 Å². The number of amides is 1. The number of carbonyl (C=O) groups is 1. The summed E-state index contributed by atoms with van der Waals surface area (Å²) in [5, 5.41) is 0. The first-order chi connectivity index (χ1) is 16.3. The van der Waals surface area contributed by atoms with Gasteiger partial charge in [-0.25, -0.2) is 9.37 Å². The Labute approximate surface area is 193 Å². The number of aromatic nitrogens is 1. The monoisotopic (exact) mass is 477 g/mol. The molecule has 0 spiro atoms. The van der Waals surface area contributed by atoms with Crippen LogP contribution in [0.25, 0.3) is 0 Å². The van der Waals surface area contributed by atoms with Crippen molar-refractivity contribution in [2.24, 2.45) is 0 Å². The number of oxazole rings is 1. The van der Waals surface area contributed by atoms with Crippen LogP contribution >= 0.6 is 0 Å². The Morgan fingerprint density at radius 1 is 1.00 bits per heavy atom. The zero-order valence-corrected chi connectivity index (χ0v) is 18.2. The van der Waals surface area contributed by atoms with Crippen molar-refractivity contribution >= 4 is 5.91 Å². The van der Waals surface area contributed by atoms with E-state index in [4.69, 9.17) is 9.15 Å². The first-order valence-electron chi connectivity index (χ1n) is 10.7. The van der Waals surface area contributed by atoms with Gasteiger partial charge in [0.15, 0.2) is 5.69 Å². The van der Waals surface area contributed by atoms with Crippen molar-refractivity contribution in [3.05, 3.63) is 88.9 Å². The van der Waals surface area contributed by atoms with Gasteiger partial charge in [-0.15, -0.1) is 0 Å². The summed E-state index contributed by atoms with van der Waals surface area (Å²) >= 11 is 0. The molecule has 1 aromatic heterocycles. The van der Waals surface area contributed by atoms with Gasteiger partial charge < -0.3 is 14.1 Å². The Bertz CT molecular complexity index is 1110. The number of ether oxygens (including phenoxy) is 1. The van der Waals surface area contributed by atoms with E-state index in [2.05, 4.69) is 4.98 Å². The lowest BCUT2D eigenvalue weighted by atomic mass is 10.1. The van der Waals surface area contributed by atoms with E-state index in [1.54, 1.807) is 28.0 Å². The zero-order chi connectivity index (χ0) is 24.1. The lowest BCUT2D eigenvalue weighted by molar-refractivity contribution is -0.138. The molecule has 1 aliphatic heterocycles. The summed E-state index contributed by atoms with van der Waals surface area (Å²) in [6, 6.07) is 11.1. The summed E-state index contributed by atoms with van der Waals surface area (Å²) in [6.07, 6.45) is -3.24. The molecule has 1 saturated heterocycles. The van der Waals surface area contributed by atoms with Crippen molar-refractivity contribution in [3.63, 3.8) is 0 Å². The summed E-state index contributed by atoms with van der Waals surface area (Å²) in [7, 11) is 0. The van der Waals surface area contributed by atoms with E-state index in [0.717, 1.165) is 6.07 Å². The molecular formula is C24H23F4N3O3. The molecule has 180 valence electrons. The van der Waals surface area contributed by atoms with Gasteiger partial charge >= 0.3 is 6.18 Å². The summed E-state index contributed by atoms with van der Waals surface area (Å²) < 4.78 is 64.6. The van der Waals surface area contributed by atoms with Crippen LogP contribution in [0.1, 0.15) is 33.1 Å². The van der Waals surface area contributed by atoms with Gasteiger partial charge in [0, 0.05) is 26.2 Å². The van der Waals surface area contributed by atoms with E-state index in [1.807, 2.05) is 0 Å². The maximum absolute atomic E-state index is 13.5. The molecule has 2 heterocycles. The summed E-state index contributed by atoms with van der Waals surface area (Å²) in [5.74, 6) is -0.495. The van der Waals surface area contributed by atoms with Crippen LogP contribution in [0.4, 0.5) is 17.6 Å². The Hall–Kier alpha value is -3.24. The first-order valence-corrected chi connectivity index (χ1v) is 10.7. The molecule has 0 atom stereocenters. The van der Waals surface area contributed by atoms with E-state index in [-0.39, 0.29) is 42.7 Å². The van der Waals surface area contributed by atoms with Gasteiger partial charge in [-0.2, -0.15) is 13.2 Å². The van der Waals surface area contributed by atoms with Crippen molar-refractivity contribution < 1.29 is 31.5 Å². The van der Waals surface area contributed by atoms with Gasteiger partial charge in [-0.3, -0.25) is 9.69 Å². The van der Waals surface area contributed by atoms with Gasteiger partial charge in [0.1, 0.15) is 12.1 Å². The third kappa shape index (κ3) is 6.00. The van der Waals surface area contributed by atoms with E-state index >= 15 is 0 Å². The summed E-state index contributed by atoms with van der Waals surface area (Å²) in [4.78, 5) is 20.2. The summed E-state index contributed by atoms with van der Waals surface area (Å²) in [6.45, 7) is 2.02. The SMILES string of the molecule is O=C(c1coc(CN(Cc2ccc(F)cc2)Cc2ccccc2C(F)(F)F)n1)N1CCOCC1. The highest BCUT2D eigenvalue weighted by atomic mass is 19.4. The van der Waals surface area contributed by atoms with E-state index < -0.39 is 17.6 Å². The second-order valence-corrected chi connectivity index (χ2v) is 7.96.